The van der Waals surface area contributed by atoms with E-state index in [1.54, 1.807) is 18.2 Å². The largest absolute Gasteiger partial charge is 0.422 e. The number of fused-ring (bicyclic) bond motifs is 1. The Bertz CT molecular complexity index is 937. The van der Waals surface area contributed by atoms with Crippen LogP contribution in [0.15, 0.2) is 44.5 Å². The average Bonchev–Trinajstić information content (AvgIpc) is 2.74. The van der Waals surface area contributed by atoms with Crippen LogP contribution in [-0.2, 0) is 4.74 Å². The van der Waals surface area contributed by atoms with Crippen molar-refractivity contribution in [3.8, 4) is 0 Å². The molecule has 6 nitrogen and oxygen atoms in total. The second-order valence-corrected chi connectivity index (χ2v) is 8.08. The Balaban J connectivity index is 1.55. The number of hydrogen-bond acceptors (Lipinski definition) is 5. The summed E-state index contributed by atoms with van der Waals surface area (Å²) >= 11 is 0. The quantitative estimate of drug-likeness (QED) is 0.356. The molecule has 1 aromatic carbocycles. The Kier molecular flexibility index (Phi) is 6.27. The summed E-state index contributed by atoms with van der Waals surface area (Å²) in [5, 5.41) is 4.02. The van der Waals surface area contributed by atoms with Gasteiger partial charge in [-0.1, -0.05) is 56.7 Å². The van der Waals surface area contributed by atoms with Crippen molar-refractivity contribution in [1.29, 1.82) is 0 Å². The standard InChI is InChI=1S/C23H28N2O4/c26-21-19(15-16-9-7-8-14-20(16)28-21)22(27)29-23(24-17-10-3-1-4-11-17)25-18-12-5-2-6-13-18/h7-9,14-15,17-18H,1-6,10-13H2,(H,24,25). The Labute approximate surface area is 170 Å². The molecule has 6 heteroatoms. The van der Waals surface area contributed by atoms with E-state index in [0.717, 1.165) is 51.4 Å². The van der Waals surface area contributed by atoms with Gasteiger partial charge in [0, 0.05) is 11.4 Å². The number of hydrogen-bond donors (Lipinski definition) is 1. The molecule has 4 rings (SSSR count). The second kappa shape index (κ2) is 9.25. The van der Waals surface area contributed by atoms with Crippen LogP contribution in [0, 0.1) is 0 Å². The molecular weight excluding hydrogens is 368 g/mol. The van der Waals surface area contributed by atoms with Gasteiger partial charge in [-0.2, -0.15) is 0 Å². The van der Waals surface area contributed by atoms with Crippen LogP contribution in [0.5, 0.6) is 0 Å². The Morgan fingerprint density at radius 1 is 1.00 bits per heavy atom. The molecule has 0 spiro atoms. The molecule has 1 N–H and O–H groups in total. The van der Waals surface area contributed by atoms with E-state index in [2.05, 4.69) is 5.32 Å². The van der Waals surface area contributed by atoms with Crippen molar-refractivity contribution in [1.82, 2.24) is 5.32 Å². The summed E-state index contributed by atoms with van der Waals surface area (Å²) in [6.45, 7) is 0. The van der Waals surface area contributed by atoms with Gasteiger partial charge in [0.15, 0.2) is 0 Å². The van der Waals surface area contributed by atoms with Crippen molar-refractivity contribution in [3.63, 3.8) is 0 Å². The number of para-hydroxylation sites is 1. The molecule has 2 aromatic rings. The predicted molar refractivity (Wildman–Crippen MR) is 112 cm³/mol. The van der Waals surface area contributed by atoms with E-state index in [1.807, 2.05) is 6.07 Å². The first-order valence-electron chi connectivity index (χ1n) is 10.8. The minimum absolute atomic E-state index is 0.106. The number of carbonyl (C=O) groups is 1. The summed E-state index contributed by atoms with van der Waals surface area (Å²) in [6, 6.07) is 9.31. The van der Waals surface area contributed by atoms with Gasteiger partial charge in [0.1, 0.15) is 11.1 Å². The van der Waals surface area contributed by atoms with Gasteiger partial charge in [-0.25, -0.2) is 14.6 Å². The lowest BCUT2D eigenvalue weighted by Crippen LogP contribution is -2.40. The van der Waals surface area contributed by atoms with E-state index in [4.69, 9.17) is 14.1 Å². The molecule has 0 radical (unpaired) electrons. The van der Waals surface area contributed by atoms with Gasteiger partial charge in [-0.3, -0.25) is 0 Å². The van der Waals surface area contributed by atoms with Gasteiger partial charge in [0.05, 0.1) is 6.04 Å². The first kappa shape index (κ1) is 19.7. The lowest BCUT2D eigenvalue weighted by atomic mass is 9.95. The SMILES string of the molecule is O=C(OC(=NC1CCCCC1)NC1CCCCC1)c1cc2ccccc2oc1=O. The number of carbonyl (C=O) groups excluding carboxylic acids is 1. The number of nitrogens with one attached hydrogen (secondary N) is 1. The van der Waals surface area contributed by atoms with Crippen LogP contribution in [0.4, 0.5) is 0 Å². The maximum atomic E-state index is 12.8. The van der Waals surface area contributed by atoms with E-state index >= 15 is 0 Å². The summed E-state index contributed by atoms with van der Waals surface area (Å²) in [7, 11) is 0. The van der Waals surface area contributed by atoms with Crippen LogP contribution in [0.3, 0.4) is 0 Å². The van der Waals surface area contributed by atoms with Crippen molar-refractivity contribution in [2.45, 2.75) is 76.3 Å². The van der Waals surface area contributed by atoms with E-state index in [1.165, 1.54) is 18.9 Å². The first-order chi connectivity index (χ1) is 14.2. The van der Waals surface area contributed by atoms with Crippen molar-refractivity contribution in [2.24, 2.45) is 4.99 Å². The van der Waals surface area contributed by atoms with E-state index in [9.17, 15) is 9.59 Å². The van der Waals surface area contributed by atoms with Gasteiger partial charge < -0.3 is 14.5 Å². The van der Waals surface area contributed by atoms with Crippen LogP contribution in [0.25, 0.3) is 11.0 Å². The summed E-state index contributed by atoms with van der Waals surface area (Å²) in [6.07, 6.45) is 11.2. The summed E-state index contributed by atoms with van der Waals surface area (Å²) < 4.78 is 10.9. The van der Waals surface area contributed by atoms with Gasteiger partial charge in [-0.15, -0.1) is 0 Å². The smallest absolute Gasteiger partial charge is 0.353 e. The van der Waals surface area contributed by atoms with E-state index < -0.39 is 11.6 Å². The maximum Gasteiger partial charge on any atom is 0.353 e. The predicted octanol–water partition coefficient (Wildman–Crippen LogP) is 4.56. The normalized spacial score (nSPS) is 19.2. The van der Waals surface area contributed by atoms with Crippen LogP contribution >= 0.6 is 0 Å². The van der Waals surface area contributed by atoms with Gasteiger partial charge >= 0.3 is 11.6 Å². The van der Waals surface area contributed by atoms with Crippen LogP contribution in [0.2, 0.25) is 0 Å². The minimum atomic E-state index is -0.720. The highest BCUT2D eigenvalue weighted by Gasteiger charge is 2.23. The molecule has 0 bridgehead atoms. The Hall–Kier alpha value is -2.63. The fourth-order valence-corrected chi connectivity index (χ4v) is 4.24. The van der Waals surface area contributed by atoms with Crippen molar-refractivity contribution in [3.05, 3.63) is 46.3 Å². The molecule has 0 saturated heterocycles. The molecule has 2 aliphatic rings. The molecule has 0 atom stereocenters. The monoisotopic (exact) mass is 396 g/mol. The number of ether oxygens (including phenoxy) is 1. The summed E-state index contributed by atoms with van der Waals surface area (Å²) in [4.78, 5) is 29.8. The molecule has 154 valence electrons. The third-order valence-corrected chi connectivity index (χ3v) is 5.86. The highest BCUT2D eigenvalue weighted by molar-refractivity contribution is 5.99. The molecule has 1 heterocycles. The van der Waals surface area contributed by atoms with Crippen molar-refractivity contribution >= 4 is 23.0 Å². The number of rotatable bonds is 3. The lowest BCUT2D eigenvalue weighted by Gasteiger charge is -2.25. The summed E-state index contributed by atoms with van der Waals surface area (Å²) in [5.41, 5.74) is -0.348. The second-order valence-electron chi connectivity index (χ2n) is 8.08. The summed E-state index contributed by atoms with van der Waals surface area (Å²) in [5.74, 6) is -0.720. The molecule has 2 fully saturated rings. The number of aliphatic imine (C=N–C) groups is 1. The maximum absolute atomic E-state index is 12.8. The first-order valence-corrected chi connectivity index (χ1v) is 10.8. The highest BCUT2D eigenvalue weighted by Crippen LogP contribution is 2.22. The zero-order chi connectivity index (χ0) is 20.1. The van der Waals surface area contributed by atoms with Gasteiger partial charge in [0.25, 0.3) is 6.02 Å². The molecule has 0 amide bonds. The fourth-order valence-electron chi connectivity index (χ4n) is 4.24. The number of amidine groups is 1. The molecule has 2 aliphatic carbocycles. The zero-order valence-corrected chi connectivity index (χ0v) is 16.7. The topological polar surface area (TPSA) is 80.9 Å². The number of esters is 1. The van der Waals surface area contributed by atoms with Crippen LogP contribution in [0.1, 0.15) is 74.6 Å². The van der Waals surface area contributed by atoms with Crippen molar-refractivity contribution in [2.75, 3.05) is 0 Å². The third-order valence-electron chi connectivity index (χ3n) is 5.86. The lowest BCUT2D eigenvalue weighted by molar-refractivity contribution is 0.0699. The zero-order valence-electron chi connectivity index (χ0n) is 16.7. The minimum Gasteiger partial charge on any atom is -0.422 e. The van der Waals surface area contributed by atoms with E-state index in [-0.39, 0.29) is 23.7 Å². The molecular formula is C23H28N2O4. The molecule has 1 aromatic heterocycles. The number of nitrogens with zero attached hydrogens (tertiary/aromatic N) is 1. The van der Waals surface area contributed by atoms with Gasteiger partial charge in [0.2, 0.25) is 0 Å². The molecule has 29 heavy (non-hydrogen) atoms. The average molecular weight is 396 g/mol. The van der Waals surface area contributed by atoms with E-state index in [0.29, 0.717) is 11.0 Å². The fraction of sp³-hybridized carbons (Fsp3) is 0.522. The molecule has 0 unspecified atom stereocenters. The van der Waals surface area contributed by atoms with Gasteiger partial charge in [-0.05, 0) is 37.8 Å². The molecule has 2 saturated carbocycles. The Morgan fingerprint density at radius 2 is 1.69 bits per heavy atom. The highest BCUT2D eigenvalue weighted by atomic mass is 16.6. The van der Waals surface area contributed by atoms with Crippen molar-refractivity contribution < 1.29 is 13.9 Å². The number of benzene rings is 1. The molecule has 0 aliphatic heterocycles. The van der Waals surface area contributed by atoms with Crippen LogP contribution < -0.4 is 10.9 Å². The Morgan fingerprint density at radius 3 is 2.45 bits per heavy atom. The third kappa shape index (κ3) is 5.05. The van der Waals surface area contributed by atoms with Crippen LogP contribution in [-0.4, -0.2) is 24.1 Å².